The van der Waals surface area contributed by atoms with Gasteiger partial charge in [0.05, 0.1) is 6.54 Å². The van der Waals surface area contributed by atoms with E-state index < -0.39 is 0 Å². The van der Waals surface area contributed by atoms with E-state index in [1.165, 1.54) is 0 Å². The third-order valence-corrected chi connectivity index (χ3v) is 1.99. The largest absolute Gasteiger partial charge is 0.341 e. The zero-order valence-electron chi connectivity index (χ0n) is 8.42. The van der Waals surface area contributed by atoms with Crippen LogP contribution in [0.25, 0.3) is 0 Å². The van der Waals surface area contributed by atoms with E-state index in [2.05, 4.69) is 11.2 Å². The van der Waals surface area contributed by atoms with Crippen LogP contribution in [-0.4, -0.2) is 12.5 Å². The molecule has 0 spiro atoms. The maximum atomic E-state index is 11.6. The lowest BCUT2D eigenvalue weighted by Crippen LogP contribution is -2.24. The Morgan fingerprint density at radius 1 is 1.50 bits per heavy atom. The minimum atomic E-state index is -0.107. The molecule has 0 aliphatic carbocycles. The summed E-state index contributed by atoms with van der Waals surface area (Å²) >= 11 is 0. The van der Waals surface area contributed by atoms with Crippen LogP contribution in [0.5, 0.6) is 0 Å². The number of carbonyl (C=O) groups excluding carboxylic acids is 1. The first-order chi connectivity index (χ1) is 6.65. The van der Waals surface area contributed by atoms with Crippen LogP contribution in [0.2, 0.25) is 0 Å². The van der Waals surface area contributed by atoms with Crippen molar-refractivity contribution in [1.29, 1.82) is 0 Å². The summed E-state index contributed by atoms with van der Waals surface area (Å²) in [7, 11) is 0. The molecule has 0 bridgehead atoms. The average Bonchev–Trinajstić information content (AvgIpc) is 2.18. The molecule has 1 aromatic carbocycles. The molecule has 0 saturated carbocycles. The van der Waals surface area contributed by atoms with E-state index in [4.69, 9.17) is 6.42 Å². The number of amides is 1. The Hall–Kier alpha value is -1.75. The fourth-order valence-corrected chi connectivity index (χ4v) is 1.21. The van der Waals surface area contributed by atoms with E-state index in [1.54, 1.807) is 0 Å². The topological polar surface area (TPSA) is 29.1 Å². The molecule has 0 aliphatic heterocycles. The maximum Gasteiger partial charge on any atom is 0.252 e. The van der Waals surface area contributed by atoms with Gasteiger partial charge in [0.1, 0.15) is 0 Å². The van der Waals surface area contributed by atoms with Gasteiger partial charge in [-0.1, -0.05) is 23.6 Å². The Kier molecular flexibility index (Phi) is 3.30. The smallest absolute Gasteiger partial charge is 0.252 e. The Balaban J connectivity index is 2.90. The molecule has 14 heavy (non-hydrogen) atoms. The number of terminal acetylenes is 1. The molecule has 2 heteroatoms. The van der Waals surface area contributed by atoms with Crippen molar-refractivity contribution in [3.8, 4) is 12.3 Å². The van der Waals surface area contributed by atoms with Gasteiger partial charge in [0.25, 0.3) is 5.91 Å². The van der Waals surface area contributed by atoms with Gasteiger partial charge in [-0.15, -0.1) is 6.42 Å². The van der Waals surface area contributed by atoms with Crippen molar-refractivity contribution in [3.05, 3.63) is 34.9 Å². The summed E-state index contributed by atoms with van der Waals surface area (Å²) in [5.74, 6) is 2.26. The van der Waals surface area contributed by atoms with Gasteiger partial charge in [-0.3, -0.25) is 4.79 Å². The SMILES string of the molecule is C#CCNC(=O)c1cc(C)ccc1C. The Morgan fingerprint density at radius 2 is 2.21 bits per heavy atom. The Morgan fingerprint density at radius 3 is 2.86 bits per heavy atom. The van der Waals surface area contributed by atoms with Crippen molar-refractivity contribution in [3.63, 3.8) is 0 Å². The minimum absolute atomic E-state index is 0.107. The van der Waals surface area contributed by atoms with Crippen molar-refractivity contribution >= 4 is 5.91 Å². The van der Waals surface area contributed by atoms with Gasteiger partial charge < -0.3 is 5.32 Å². The highest BCUT2D eigenvalue weighted by Gasteiger charge is 2.07. The first kappa shape index (κ1) is 10.3. The second kappa shape index (κ2) is 4.48. The highest BCUT2D eigenvalue weighted by Crippen LogP contribution is 2.09. The fraction of sp³-hybridized carbons (Fsp3) is 0.250. The average molecular weight is 187 g/mol. The van der Waals surface area contributed by atoms with Gasteiger partial charge in [0.15, 0.2) is 0 Å². The summed E-state index contributed by atoms with van der Waals surface area (Å²) in [5.41, 5.74) is 2.73. The predicted molar refractivity (Wildman–Crippen MR) is 57.1 cm³/mol. The Labute approximate surface area is 84.3 Å². The molecule has 0 unspecified atom stereocenters. The van der Waals surface area contributed by atoms with Crippen LogP contribution in [-0.2, 0) is 0 Å². The van der Waals surface area contributed by atoms with Gasteiger partial charge in [-0.05, 0) is 25.5 Å². The second-order valence-electron chi connectivity index (χ2n) is 3.21. The number of hydrogen-bond acceptors (Lipinski definition) is 1. The van der Waals surface area contributed by atoms with Crippen LogP contribution in [0.15, 0.2) is 18.2 Å². The van der Waals surface area contributed by atoms with Crippen molar-refractivity contribution in [2.24, 2.45) is 0 Å². The fourth-order valence-electron chi connectivity index (χ4n) is 1.21. The van der Waals surface area contributed by atoms with Crippen molar-refractivity contribution in [2.75, 3.05) is 6.54 Å². The predicted octanol–water partition coefficient (Wildman–Crippen LogP) is 1.67. The number of rotatable bonds is 2. The third-order valence-electron chi connectivity index (χ3n) is 1.99. The van der Waals surface area contributed by atoms with Crippen LogP contribution in [0.1, 0.15) is 21.5 Å². The van der Waals surface area contributed by atoms with Crippen LogP contribution < -0.4 is 5.32 Å². The highest BCUT2D eigenvalue weighted by atomic mass is 16.1. The first-order valence-electron chi connectivity index (χ1n) is 4.44. The van der Waals surface area contributed by atoms with E-state index in [0.717, 1.165) is 11.1 Å². The van der Waals surface area contributed by atoms with E-state index in [9.17, 15) is 4.79 Å². The minimum Gasteiger partial charge on any atom is -0.341 e. The van der Waals surface area contributed by atoms with E-state index in [-0.39, 0.29) is 12.5 Å². The van der Waals surface area contributed by atoms with E-state index in [0.29, 0.717) is 5.56 Å². The van der Waals surface area contributed by atoms with E-state index >= 15 is 0 Å². The molecule has 2 nitrogen and oxygen atoms in total. The molecular weight excluding hydrogens is 174 g/mol. The summed E-state index contributed by atoms with van der Waals surface area (Å²) in [5, 5.41) is 2.64. The van der Waals surface area contributed by atoms with Crippen molar-refractivity contribution < 1.29 is 4.79 Å². The second-order valence-corrected chi connectivity index (χ2v) is 3.21. The molecule has 0 radical (unpaired) electrons. The molecule has 0 aliphatic rings. The van der Waals surface area contributed by atoms with Crippen LogP contribution in [0.4, 0.5) is 0 Å². The molecule has 0 fully saturated rings. The summed E-state index contributed by atoms with van der Waals surface area (Å²) in [6.45, 7) is 4.13. The molecule has 1 amide bonds. The number of benzene rings is 1. The van der Waals surface area contributed by atoms with Gasteiger partial charge >= 0.3 is 0 Å². The zero-order valence-corrected chi connectivity index (χ0v) is 8.42. The highest BCUT2D eigenvalue weighted by molar-refractivity contribution is 5.95. The molecule has 1 rings (SSSR count). The van der Waals surface area contributed by atoms with Crippen molar-refractivity contribution in [2.45, 2.75) is 13.8 Å². The molecule has 1 N–H and O–H groups in total. The number of nitrogens with one attached hydrogen (secondary N) is 1. The first-order valence-corrected chi connectivity index (χ1v) is 4.44. The summed E-state index contributed by atoms with van der Waals surface area (Å²) < 4.78 is 0. The standard InChI is InChI=1S/C12H13NO/c1-4-7-13-12(14)11-8-9(2)5-6-10(11)3/h1,5-6,8H,7H2,2-3H3,(H,13,14). The molecule has 0 atom stereocenters. The molecule has 1 aromatic rings. The summed E-state index contributed by atoms with van der Waals surface area (Å²) in [6, 6.07) is 5.77. The lowest BCUT2D eigenvalue weighted by Gasteiger charge is -2.06. The summed E-state index contributed by atoms with van der Waals surface area (Å²) in [4.78, 5) is 11.6. The number of hydrogen-bond donors (Lipinski definition) is 1. The number of carbonyl (C=O) groups is 1. The molecule has 72 valence electrons. The van der Waals surface area contributed by atoms with E-state index in [1.807, 2.05) is 32.0 Å². The quantitative estimate of drug-likeness (QED) is 0.701. The summed E-state index contributed by atoms with van der Waals surface area (Å²) in [6.07, 6.45) is 5.06. The van der Waals surface area contributed by atoms with Crippen molar-refractivity contribution in [1.82, 2.24) is 5.32 Å². The maximum absolute atomic E-state index is 11.6. The van der Waals surface area contributed by atoms with Crippen LogP contribution in [0.3, 0.4) is 0 Å². The molecule has 0 saturated heterocycles. The van der Waals surface area contributed by atoms with Crippen LogP contribution in [0, 0.1) is 26.2 Å². The van der Waals surface area contributed by atoms with Crippen LogP contribution >= 0.6 is 0 Å². The zero-order chi connectivity index (χ0) is 10.6. The number of aryl methyl sites for hydroxylation is 2. The molecule has 0 aromatic heterocycles. The lowest BCUT2D eigenvalue weighted by molar-refractivity contribution is 0.0958. The molecular formula is C12H13NO. The third kappa shape index (κ3) is 2.37. The normalized spacial score (nSPS) is 9.21. The van der Waals surface area contributed by atoms with Gasteiger partial charge in [0.2, 0.25) is 0 Å². The van der Waals surface area contributed by atoms with Gasteiger partial charge in [-0.2, -0.15) is 0 Å². The van der Waals surface area contributed by atoms with Gasteiger partial charge in [0, 0.05) is 5.56 Å². The van der Waals surface area contributed by atoms with Gasteiger partial charge in [-0.25, -0.2) is 0 Å². The lowest BCUT2D eigenvalue weighted by atomic mass is 10.1. The molecule has 0 heterocycles. The monoisotopic (exact) mass is 187 g/mol. The Bertz CT molecular complexity index is 388.